The highest BCUT2D eigenvalue weighted by Crippen LogP contribution is 2.16. The highest BCUT2D eigenvalue weighted by molar-refractivity contribution is 9.10. The van der Waals surface area contributed by atoms with Crippen molar-refractivity contribution in [2.45, 2.75) is 13.5 Å². The predicted octanol–water partition coefficient (Wildman–Crippen LogP) is 2.29. The number of amides is 1. The lowest BCUT2D eigenvalue weighted by Crippen LogP contribution is -2.20. The number of aryl methyl sites for hydroxylation is 1. The number of rotatable bonds is 4. The number of carbonyl (C=O) groups excluding carboxylic acids is 1. The van der Waals surface area contributed by atoms with Gasteiger partial charge >= 0.3 is 5.97 Å². The van der Waals surface area contributed by atoms with Gasteiger partial charge in [0.15, 0.2) is 0 Å². The monoisotopic (exact) mass is 337 g/mol. The first-order chi connectivity index (χ1) is 9.47. The highest BCUT2D eigenvalue weighted by Gasteiger charge is 2.13. The normalized spacial score (nSPS) is 10.3. The van der Waals surface area contributed by atoms with Crippen molar-refractivity contribution < 1.29 is 14.7 Å². The fraction of sp³-hybridized carbons (Fsp3) is 0.154. The van der Waals surface area contributed by atoms with E-state index in [9.17, 15) is 9.59 Å². The molecule has 20 heavy (non-hydrogen) atoms. The first-order valence-corrected chi connectivity index (χ1v) is 6.58. The van der Waals surface area contributed by atoms with Crippen LogP contribution in [0.3, 0.4) is 0 Å². The predicted molar refractivity (Wildman–Crippen MR) is 76.7 cm³/mol. The van der Waals surface area contributed by atoms with Crippen LogP contribution in [0.1, 0.15) is 16.2 Å². The lowest BCUT2D eigenvalue weighted by molar-refractivity contribution is -0.137. The summed E-state index contributed by atoms with van der Waals surface area (Å²) in [6.07, 6.45) is 1.54. The number of hydrogen-bond donors (Lipinski definition) is 2. The van der Waals surface area contributed by atoms with Crippen molar-refractivity contribution in [3.8, 4) is 0 Å². The van der Waals surface area contributed by atoms with Crippen LogP contribution in [-0.4, -0.2) is 26.5 Å². The number of aliphatic carboxylic acids is 1. The van der Waals surface area contributed by atoms with Gasteiger partial charge in [-0.25, -0.2) is 4.98 Å². The molecule has 104 valence electrons. The van der Waals surface area contributed by atoms with E-state index in [2.05, 4.69) is 26.2 Å². The van der Waals surface area contributed by atoms with Crippen molar-refractivity contribution in [1.82, 2.24) is 9.55 Å². The Bertz CT molecular complexity index is 667. The Balaban J connectivity index is 2.17. The van der Waals surface area contributed by atoms with Gasteiger partial charge in [-0.3, -0.25) is 9.59 Å². The van der Waals surface area contributed by atoms with Crippen LogP contribution in [0.15, 0.2) is 34.9 Å². The van der Waals surface area contributed by atoms with Gasteiger partial charge in [-0.1, -0.05) is 0 Å². The van der Waals surface area contributed by atoms with Crippen molar-refractivity contribution in [3.63, 3.8) is 0 Å². The maximum Gasteiger partial charge on any atom is 0.323 e. The molecule has 0 bridgehead atoms. The van der Waals surface area contributed by atoms with E-state index in [1.807, 2.05) is 6.92 Å². The molecule has 7 heteroatoms. The third-order valence-electron chi connectivity index (χ3n) is 2.63. The molecule has 0 spiro atoms. The van der Waals surface area contributed by atoms with Crippen LogP contribution in [0.2, 0.25) is 0 Å². The van der Waals surface area contributed by atoms with Crippen LogP contribution >= 0.6 is 15.9 Å². The van der Waals surface area contributed by atoms with E-state index in [0.717, 1.165) is 10.2 Å². The highest BCUT2D eigenvalue weighted by atomic mass is 79.9. The maximum atomic E-state index is 12.1. The summed E-state index contributed by atoms with van der Waals surface area (Å²) >= 11 is 3.33. The van der Waals surface area contributed by atoms with Crippen molar-refractivity contribution in [3.05, 3.63) is 46.3 Å². The van der Waals surface area contributed by atoms with Gasteiger partial charge in [0.2, 0.25) is 0 Å². The number of carboxylic acids is 1. The number of carbonyl (C=O) groups is 2. The smallest absolute Gasteiger partial charge is 0.323 e. The number of carboxylic acid groups (broad SMARTS) is 1. The molecule has 0 aliphatic carbocycles. The van der Waals surface area contributed by atoms with Gasteiger partial charge in [0.1, 0.15) is 18.1 Å². The third kappa shape index (κ3) is 3.24. The molecule has 0 aliphatic heterocycles. The second-order valence-corrected chi connectivity index (χ2v) is 4.99. The largest absolute Gasteiger partial charge is 0.480 e. The maximum absolute atomic E-state index is 12.1. The van der Waals surface area contributed by atoms with E-state index in [0.29, 0.717) is 5.82 Å². The summed E-state index contributed by atoms with van der Waals surface area (Å²) in [5, 5.41) is 11.4. The van der Waals surface area contributed by atoms with Crippen LogP contribution in [-0.2, 0) is 11.3 Å². The molecule has 0 fully saturated rings. The Morgan fingerprint density at radius 1 is 1.40 bits per heavy atom. The van der Waals surface area contributed by atoms with Crippen molar-refractivity contribution in [2.75, 3.05) is 5.32 Å². The summed E-state index contributed by atoms with van der Waals surface area (Å²) in [5.41, 5.74) is 1.03. The average Bonchev–Trinajstić information content (AvgIpc) is 2.81. The van der Waals surface area contributed by atoms with Gasteiger partial charge < -0.3 is 15.0 Å². The first-order valence-electron chi connectivity index (χ1n) is 5.79. The minimum atomic E-state index is -1.01. The summed E-state index contributed by atoms with van der Waals surface area (Å²) in [4.78, 5) is 27.0. The van der Waals surface area contributed by atoms with Crippen LogP contribution in [0.4, 0.5) is 5.82 Å². The van der Waals surface area contributed by atoms with Crippen molar-refractivity contribution in [1.29, 1.82) is 0 Å². The van der Waals surface area contributed by atoms with Gasteiger partial charge in [-0.05, 0) is 47.1 Å². The number of nitrogens with zero attached hydrogens (tertiary/aromatic N) is 2. The molecule has 2 heterocycles. The minimum Gasteiger partial charge on any atom is -0.480 e. The average molecular weight is 338 g/mol. The van der Waals surface area contributed by atoms with E-state index >= 15 is 0 Å². The summed E-state index contributed by atoms with van der Waals surface area (Å²) in [7, 11) is 0. The Labute approximate surface area is 123 Å². The number of pyridine rings is 1. The number of aromatic nitrogens is 2. The Kier molecular flexibility index (Phi) is 4.19. The van der Waals surface area contributed by atoms with Gasteiger partial charge in [0.25, 0.3) is 5.91 Å². The Hall–Kier alpha value is -2.15. The zero-order valence-corrected chi connectivity index (χ0v) is 12.2. The molecule has 2 aromatic heterocycles. The minimum absolute atomic E-state index is 0.261. The van der Waals surface area contributed by atoms with Gasteiger partial charge in [0, 0.05) is 10.7 Å². The second-order valence-electron chi connectivity index (χ2n) is 4.13. The summed E-state index contributed by atoms with van der Waals surface area (Å²) in [5.74, 6) is -0.989. The SMILES string of the molecule is Cc1nc(NC(=O)c2cccn2CC(=O)O)ccc1Br. The molecule has 2 rings (SSSR count). The molecule has 2 N–H and O–H groups in total. The van der Waals surface area contributed by atoms with E-state index in [1.54, 1.807) is 30.5 Å². The molecule has 1 amide bonds. The van der Waals surface area contributed by atoms with Gasteiger partial charge in [-0.15, -0.1) is 0 Å². The molecule has 0 aliphatic rings. The topological polar surface area (TPSA) is 84.2 Å². The zero-order chi connectivity index (χ0) is 14.7. The molecule has 6 nitrogen and oxygen atoms in total. The first kappa shape index (κ1) is 14.3. The van der Waals surface area contributed by atoms with Gasteiger partial charge in [0.05, 0.1) is 5.69 Å². The molecule has 0 radical (unpaired) electrons. The number of hydrogen-bond acceptors (Lipinski definition) is 3. The van der Waals surface area contributed by atoms with Crippen LogP contribution in [0, 0.1) is 6.92 Å². The molecule has 0 saturated carbocycles. The molecule has 0 atom stereocenters. The molecular formula is C13H12BrN3O3. The quantitative estimate of drug-likeness (QED) is 0.896. The fourth-order valence-electron chi connectivity index (χ4n) is 1.70. The van der Waals surface area contributed by atoms with Crippen LogP contribution in [0.25, 0.3) is 0 Å². The summed E-state index contributed by atoms with van der Waals surface area (Å²) in [6.45, 7) is 1.55. The zero-order valence-electron chi connectivity index (χ0n) is 10.6. The van der Waals surface area contributed by atoms with E-state index < -0.39 is 11.9 Å². The molecule has 0 saturated heterocycles. The standard InChI is InChI=1S/C13H12BrN3O3/c1-8-9(14)4-5-11(15-8)16-13(20)10-3-2-6-17(10)7-12(18)19/h2-6H,7H2,1H3,(H,18,19)(H,15,16,20). The Morgan fingerprint density at radius 3 is 2.80 bits per heavy atom. The number of halogens is 1. The molecule has 0 unspecified atom stereocenters. The second kappa shape index (κ2) is 5.87. The fourth-order valence-corrected chi connectivity index (χ4v) is 1.92. The van der Waals surface area contributed by atoms with E-state index in [-0.39, 0.29) is 12.2 Å². The van der Waals surface area contributed by atoms with E-state index in [1.165, 1.54) is 4.57 Å². The third-order valence-corrected chi connectivity index (χ3v) is 3.47. The molecule has 0 aromatic carbocycles. The summed E-state index contributed by atoms with van der Waals surface area (Å²) in [6, 6.07) is 6.63. The van der Waals surface area contributed by atoms with Crippen LogP contribution < -0.4 is 5.32 Å². The lowest BCUT2D eigenvalue weighted by atomic mass is 10.3. The number of anilines is 1. The van der Waals surface area contributed by atoms with Gasteiger partial charge in [-0.2, -0.15) is 0 Å². The van der Waals surface area contributed by atoms with Crippen molar-refractivity contribution >= 4 is 33.6 Å². The van der Waals surface area contributed by atoms with E-state index in [4.69, 9.17) is 5.11 Å². The Morgan fingerprint density at radius 2 is 2.15 bits per heavy atom. The van der Waals surface area contributed by atoms with Crippen LogP contribution in [0.5, 0.6) is 0 Å². The molecule has 2 aromatic rings. The number of nitrogens with one attached hydrogen (secondary N) is 1. The molecular weight excluding hydrogens is 326 g/mol. The summed E-state index contributed by atoms with van der Waals surface area (Å²) < 4.78 is 2.22. The lowest BCUT2D eigenvalue weighted by Gasteiger charge is -2.08. The van der Waals surface area contributed by atoms with Crippen molar-refractivity contribution in [2.24, 2.45) is 0 Å².